The zero-order chi connectivity index (χ0) is 15.9. The summed E-state index contributed by atoms with van der Waals surface area (Å²) < 4.78 is 38.8. The zero-order valence-corrected chi connectivity index (χ0v) is 12.1. The Morgan fingerprint density at radius 1 is 1.18 bits per heavy atom. The SMILES string of the molecule is O=c1cc2c(c[nH]1)CN(c1ccc(Cl)c(C(F)(F)F)c1)CC2. The van der Waals surface area contributed by atoms with Gasteiger partial charge in [-0.1, -0.05) is 11.6 Å². The largest absolute Gasteiger partial charge is 0.417 e. The first kappa shape index (κ1) is 15.0. The summed E-state index contributed by atoms with van der Waals surface area (Å²) in [5, 5.41) is -0.307. The van der Waals surface area contributed by atoms with Crippen molar-refractivity contribution in [2.75, 3.05) is 11.4 Å². The van der Waals surface area contributed by atoms with E-state index >= 15 is 0 Å². The Kier molecular flexibility index (Phi) is 3.64. The van der Waals surface area contributed by atoms with Crippen molar-refractivity contribution in [3.05, 3.63) is 62.5 Å². The van der Waals surface area contributed by atoms with Crippen LogP contribution in [0.1, 0.15) is 16.7 Å². The van der Waals surface area contributed by atoms with Crippen molar-refractivity contribution in [3.8, 4) is 0 Å². The fourth-order valence-electron chi connectivity index (χ4n) is 2.61. The highest BCUT2D eigenvalue weighted by atomic mass is 35.5. The van der Waals surface area contributed by atoms with Crippen LogP contribution in [0.25, 0.3) is 0 Å². The van der Waals surface area contributed by atoms with E-state index in [2.05, 4.69) is 4.98 Å². The number of hydrogen-bond donors (Lipinski definition) is 1. The number of halogens is 4. The second kappa shape index (κ2) is 5.35. The smallest absolute Gasteiger partial charge is 0.367 e. The number of benzene rings is 1. The molecule has 3 nitrogen and oxygen atoms in total. The number of H-pyrrole nitrogens is 1. The van der Waals surface area contributed by atoms with Crippen molar-refractivity contribution in [2.45, 2.75) is 19.1 Å². The Balaban J connectivity index is 1.93. The predicted octanol–water partition coefficient (Wildman–Crippen LogP) is 3.61. The average molecular weight is 329 g/mol. The van der Waals surface area contributed by atoms with Crippen LogP contribution in [-0.4, -0.2) is 11.5 Å². The van der Waals surface area contributed by atoms with E-state index in [-0.39, 0.29) is 10.6 Å². The van der Waals surface area contributed by atoms with Gasteiger partial charge in [-0.2, -0.15) is 13.2 Å². The van der Waals surface area contributed by atoms with E-state index in [4.69, 9.17) is 11.6 Å². The van der Waals surface area contributed by atoms with Gasteiger partial charge in [0.1, 0.15) is 0 Å². The van der Waals surface area contributed by atoms with E-state index in [1.54, 1.807) is 12.3 Å². The van der Waals surface area contributed by atoms with Crippen LogP contribution in [0.5, 0.6) is 0 Å². The van der Waals surface area contributed by atoms with E-state index in [1.165, 1.54) is 12.1 Å². The highest BCUT2D eigenvalue weighted by Gasteiger charge is 2.34. The van der Waals surface area contributed by atoms with Crippen LogP contribution in [0.15, 0.2) is 35.3 Å². The standard InChI is InChI=1S/C15H12ClF3N2O/c16-13-2-1-11(6-12(13)15(17,18)19)21-4-3-9-5-14(22)20-7-10(9)8-21/h1-2,5-7H,3-4,8H2,(H,20,22). The van der Waals surface area contributed by atoms with Crippen LogP contribution in [-0.2, 0) is 19.1 Å². The van der Waals surface area contributed by atoms with Gasteiger partial charge in [0.05, 0.1) is 10.6 Å². The Labute approximate surface area is 129 Å². The number of aromatic amines is 1. The summed E-state index contributed by atoms with van der Waals surface area (Å²) in [6, 6.07) is 5.45. The lowest BCUT2D eigenvalue weighted by Crippen LogP contribution is -2.31. The van der Waals surface area contributed by atoms with Crippen molar-refractivity contribution in [1.29, 1.82) is 0 Å². The minimum atomic E-state index is -4.48. The second-order valence-corrected chi connectivity index (χ2v) is 5.59. The minimum absolute atomic E-state index is 0.168. The van der Waals surface area contributed by atoms with Crippen molar-refractivity contribution in [2.24, 2.45) is 0 Å². The predicted molar refractivity (Wildman–Crippen MR) is 78.3 cm³/mol. The summed E-state index contributed by atoms with van der Waals surface area (Å²) in [7, 11) is 0. The molecular formula is C15H12ClF3N2O. The molecule has 7 heteroatoms. The number of fused-ring (bicyclic) bond motifs is 1. The minimum Gasteiger partial charge on any atom is -0.367 e. The molecule has 0 saturated carbocycles. The third-order valence-electron chi connectivity index (χ3n) is 3.74. The van der Waals surface area contributed by atoms with Crippen LogP contribution in [0.2, 0.25) is 5.02 Å². The molecule has 2 heterocycles. The quantitative estimate of drug-likeness (QED) is 0.868. The molecule has 0 radical (unpaired) electrons. The summed E-state index contributed by atoms with van der Waals surface area (Å²) in [5.74, 6) is 0. The number of anilines is 1. The summed E-state index contributed by atoms with van der Waals surface area (Å²) in [4.78, 5) is 15.7. The molecule has 1 aliphatic heterocycles. The molecule has 0 unspecified atom stereocenters. The number of nitrogens with zero attached hydrogens (tertiary/aromatic N) is 1. The monoisotopic (exact) mass is 328 g/mol. The average Bonchev–Trinajstić information content (AvgIpc) is 2.46. The van der Waals surface area contributed by atoms with E-state index in [0.717, 1.165) is 17.2 Å². The molecule has 0 bridgehead atoms. The summed E-state index contributed by atoms with van der Waals surface area (Å²) in [5.41, 5.74) is 1.31. The molecule has 3 rings (SSSR count). The van der Waals surface area contributed by atoms with Crippen LogP contribution in [0.4, 0.5) is 18.9 Å². The lowest BCUT2D eigenvalue weighted by molar-refractivity contribution is -0.137. The summed E-state index contributed by atoms with van der Waals surface area (Å²) >= 11 is 5.64. The van der Waals surface area contributed by atoms with Gasteiger partial charge in [0.2, 0.25) is 5.56 Å². The van der Waals surface area contributed by atoms with Gasteiger partial charge >= 0.3 is 6.18 Å². The lowest BCUT2D eigenvalue weighted by Gasteiger charge is -2.31. The van der Waals surface area contributed by atoms with E-state index in [0.29, 0.717) is 25.2 Å². The first-order valence-corrected chi connectivity index (χ1v) is 7.04. The number of aromatic nitrogens is 1. The Morgan fingerprint density at radius 3 is 2.68 bits per heavy atom. The van der Waals surface area contributed by atoms with Gasteiger partial charge in [-0.15, -0.1) is 0 Å². The molecule has 1 aliphatic rings. The second-order valence-electron chi connectivity index (χ2n) is 5.18. The number of rotatable bonds is 1. The molecule has 0 saturated heterocycles. The molecular weight excluding hydrogens is 317 g/mol. The molecule has 1 aromatic heterocycles. The molecule has 0 fully saturated rings. The molecule has 2 aromatic rings. The lowest BCUT2D eigenvalue weighted by atomic mass is 10.0. The normalized spacial score (nSPS) is 14.8. The summed E-state index contributed by atoms with van der Waals surface area (Å²) in [6.07, 6.45) is -2.25. The van der Waals surface area contributed by atoms with Crippen LogP contribution < -0.4 is 10.5 Å². The van der Waals surface area contributed by atoms with Gasteiger partial charge in [0.15, 0.2) is 0 Å². The highest BCUT2D eigenvalue weighted by Crippen LogP contribution is 2.37. The van der Waals surface area contributed by atoms with E-state index < -0.39 is 11.7 Å². The topological polar surface area (TPSA) is 36.1 Å². The van der Waals surface area contributed by atoms with E-state index in [9.17, 15) is 18.0 Å². The molecule has 1 aromatic carbocycles. The number of alkyl halides is 3. The molecule has 0 aliphatic carbocycles. The van der Waals surface area contributed by atoms with Gasteiger partial charge in [-0.3, -0.25) is 4.79 Å². The Morgan fingerprint density at radius 2 is 1.95 bits per heavy atom. The molecule has 116 valence electrons. The fraction of sp³-hybridized carbons (Fsp3) is 0.267. The first-order valence-electron chi connectivity index (χ1n) is 6.67. The molecule has 0 spiro atoms. The van der Waals surface area contributed by atoms with Gasteiger partial charge in [0.25, 0.3) is 0 Å². The fourth-order valence-corrected chi connectivity index (χ4v) is 2.84. The maximum absolute atomic E-state index is 12.9. The van der Waals surface area contributed by atoms with Gasteiger partial charge in [-0.05, 0) is 35.7 Å². The Bertz CT molecular complexity index is 770. The van der Waals surface area contributed by atoms with Crippen molar-refractivity contribution < 1.29 is 13.2 Å². The number of hydrogen-bond acceptors (Lipinski definition) is 2. The maximum Gasteiger partial charge on any atom is 0.417 e. The highest BCUT2D eigenvalue weighted by molar-refractivity contribution is 6.31. The van der Waals surface area contributed by atoms with Gasteiger partial charge in [0, 0.05) is 31.0 Å². The third kappa shape index (κ3) is 2.83. The first-order chi connectivity index (χ1) is 10.3. The third-order valence-corrected chi connectivity index (χ3v) is 4.07. The van der Waals surface area contributed by atoms with Crippen molar-refractivity contribution >= 4 is 17.3 Å². The summed E-state index contributed by atoms with van der Waals surface area (Å²) in [6.45, 7) is 1.00. The number of nitrogens with one attached hydrogen (secondary N) is 1. The molecule has 0 amide bonds. The van der Waals surface area contributed by atoms with Gasteiger partial charge in [-0.25, -0.2) is 0 Å². The molecule has 0 atom stereocenters. The van der Waals surface area contributed by atoms with Crippen LogP contribution in [0, 0.1) is 0 Å². The van der Waals surface area contributed by atoms with Gasteiger partial charge < -0.3 is 9.88 Å². The van der Waals surface area contributed by atoms with Crippen LogP contribution >= 0.6 is 11.6 Å². The zero-order valence-electron chi connectivity index (χ0n) is 11.4. The molecule has 22 heavy (non-hydrogen) atoms. The maximum atomic E-state index is 12.9. The van der Waals surface area contributed by atoms with Crippen LogP contribution in [0.3, 0.4) is 0 Å². The van der Waals surface area contributed by atoms with E-state index in [1.807, 2.05) is 4.90 Å². The molecule has 1 N–H and O–H groups in total. The van der Waals surface area contributed by atoms with Crippen molar-refractivity contribution in [3.63, 3.8) is 0 Å². The Hall–Kier alpha value is -1.95. The van der Waals surface area contributed by atoms with Crippen molar-refractivity contribution in [1.82, 2.24) is 4.98 Å². The number of pyridine rings is 1.